The fourth-order valence-electron chi connectivity index (χ4n) is 5.02. The van der Waals surface area contributed by atoms with Crippen LogP contribution in [0.25, 0.3) is 0 Å². The van der Waals surface area contributed by atoms with Gasteiger partial charge in [-0.2, -0.15) is 5.10 Å². The number of likely N-dealkylation sites (tertiary alicyclic amines) is 1. The Morgan fingerprint density at radius 1 is 1.12 bits per heavy atom. The lowest BCUT2D eigenvalue weighted by atomic mass is 9.65. The van der Waals surface area contributed by atoms with E-state index in [1.54, 1.807) is 14.2 Å². The number of carbonyl (C=O) groups excluding carboxylic acids is 1. The second-order valence-electron chi connectivity index (χ2n) is 8.49. The molecule has 0 aromatic heterocycles. The van der Waals surface area contributed by atoms with Gasteiger partial charge >= 0.3 is 0 Å². The van der Waals surface area contributed by atoms with Gasteiger partial charge < -0.3 is 19.1 Å². The van der Waals surface area contributed by atoms with Crippen molar-refractivity contribution in [3.8, 4) is 17.2 Å². The SMILES string of the molecule is COc1ccc(C23CC/C(=N\NC(=O)COc4ccccc4)CC2N(C)CC3)cc1OC. The van der Waals surface area contributed by atoms with Gasteiger partial charge in [0.1, 0.15) is 5.75 Å². The first-order valence-corrected chi connectivity index (χ1v) is 11.0. The summed E-state index contributed by atoms with van der Waals surface area (Å²) in [7, 11) is 5.50. The van der Waals surface area contributed by atoms with Gasteiger partial charge in [0.15, 0.2) is 18.1 Å². The number of nitrogens with one attached hydrogen (secondary N) is 1. The molecule has 1 N–H and O–H groups in total. The molecule has 2 atom stereocenters. The molecule has 2 unspecified atom stereocenters. The number of hydrogen-bond acceptors (Lipinski definition) is 6. The zero-order valence-electron chi connectivity index (χ0n) is 19.0. The smallest absolute Gasteiger partial charge is 0.277 e. The van der Waals surface area contributed by atoms with E-state index in [-0.39, 0.29) is 17.9 Å². The van der Waals surface area contributed by atoms with Gasteiger partial charge in [0.05, 0.1) is 14.2 Å². The Morgan fingerprint density at radius 3 is 2.66 bits per heavy atom. The number of hydrazone groups is 1. The van der Waals surface area contributed by atoms with E-state index in [4.69, 9.17) is 14.2 Å². The Kier molecular flexibility index (Phi) is 6.65. The van der Waals surface area contributed by atoms with Crippen molar-refractivity contribution in [3.63, 3.8) is 0 Å². The van der Waals surface area contributed by atoms with Crippen LogP contribution in [0.2, 0.25) is 0 Å². The van der Waals surface area contributed by atoms with Crippen LogP contribution in [-0.2, 0) is 10.2 Å². The summed E-state index contributed by atoms with van der Waals surface area (Å²) in [6, 6.07) is 15.9. The Labute approximate surface area is 189 Å². The number of rotatable bonds is 7. The molecule has 1 aliphatic heterocycles. The summed E-state index contributed by atoms with van der Waals surface area (Å²) in [4.78, 5) is 14.6. The monoisotopic (exact) mass is 437 g/mol. The van der Waals surface area contributed by atoms with Gasteiger partial charge in [-0.1, -0.05) is 24.3 Å². The zero-order chi connectivity index (χ0) is 22.6. The highest BCUT2D eigenvalue weighted by Crippen LogP contribution is 2.49. The number of methoxy groups -OCH3 is 2. The second kappa shape index (κ2) is 9.61. The molecule has 1 saturated heterocycles. The van der Waals surface area contributed by atoms with Crippen LogP contribution in [0.3, 0.4) is 0 Å². The number of fused-ring (bicyclic) bond motifs is 1. The lowest BCUT2D eigenvalue weighted by molar-refractivity contribution is -0.123. The predicted octanol–water partition coefficient (Wildman–Crippen LogP) is 3.38. The first kappa shape index (κ1) is 22.1. The minimum atomic E-state index is -0.252. The van der Waals surface area contributed by atoms with Crippen molar-refractivity contribution in [2.75, 3.05) is 34.4 Å². The van der Waals surface area contributed by atoms with Gasteiger partial charge in [0.25, 0.3) is 5.91 Å². The number of amides is 1. The number of benzene rings is 2. The zero-order valence-corrected chi connectivity index (χ0v) is 19.0. The van der Waals surface area contributed by atoms with E-state index in [0.29, 0.717) is 11.8 Å². The highest BCUT2D eigenvalue weighted by Gasteiger charge is 2.49. The molecular weight excluding hydrogens is 406 g/mol. The van der Waals surface area contributed by atoms with E-state index < -0.39 is 0 Å². The molecule has 1 aliphatic carbocycles. The molecule has 170 valence electrons. The van der Waals surface area contributed by atoms with E-state index in [2.05, 4.69) is 34.6 Å². The number of carbonyl (C=O) groups is 1. The van der Waals surface area contributed by atoms with Crippen molar-refractivity contribution >= 4 is 11.6 Å². The first-order chi connectivity index (χ1) is 15.6. The van der Waals surface area contributed by atoms with Crippen LogP contribution in [0.4, 0.5) is 0 Å². The number of ether oxygens (including phenoxy) is 3. The molecule has 4 rings (SSSR count). The normalized spacial score (nSPS) is 24.1. The summed E-state index contributed by atoms with van der Waals surface area (Å²) in [6.45, 7) is 0.975. The Morgan fingerprint density at radius 2 is 1.91 bits per heavy atom. The highest BCUT2D eigenvalue weighted by molar-refractivity contribution is 5.88. The predicted molar refractivity (Wildman–Crippen MR) is 124 cm³/mol. The lowest BCUT2D eigenvalue weighted by Gasteiger charge is -2.42. The molecular formula is C25H31N3O4. The Bertz CT molecular complexity index is 978. The van der Waals surface area contributed by atoms with Crippen LogP contribution < -0.4 is 19.6 Å². The minimum absolute atomic E-state index is 0.0494. The third-order valence-electron chi connectivity index (χ3n) is 6.78. The number of nitrogens with zero attached hydrogens (tertiary/aromatic N) is 2. The minimum Gasteiger partial charge on any atom is -0.493 e. The molecule has 0 spiro atoms. The molecule has 7 nitrogen and oxygen atoms in total. The van der Waals surface area contributed by atoms with Gasteiger partial charge in [-0.05, 0) is 62.7 Å². The van der Waals surface area contributed by atoms with Crippen LogP contribution in [-0.4, -0.2) is 57.0 Å². The number of para-hydroxylation sites is 1. The first-order valence-electron chi connectivity index (χ1n) is 11.0. The molecule has 2 fully saturated rings. The maximum atomic E-state index is 12.2. The Balaban J connectivity index is 1.43. The fraction of sp³-hybridized carbons (Fsp3) is 0.440. The standard InChI is InChI=1S/C25H31N3O4/c1-28-14-13-25(18-9-10-21(30-2)22(15-18)31-3)12-11-19(16-23(25)28)26-27-24(29)17-32-20-7-5-4-6-8-20/h4-10,15,23H,11-14,16-17H2,1-3H3,(H,27,29)/b26-19+. The largest absolute Gasteiger partial charge is 0.493 e. The van der Waals surface area contributed by atoms with Gasteiger partial charge in [-0.15, -0.1) is 0 Å². The number of likely N-dealkylation sites (N-methyl/N-ethyl adjacent to an activating group) is 1. The van der Waals surface area contributed by atoms with Gasteiger partial charge in [-0.25, -0.2) is 5.43 Å². The summed E-state index contributed by atoms with van der Waals surface area (Å²) >= 11 is 0. The fourth-order valence-corrected chi connectivity index (χ4v) is 5.02. The van der Waals surface area contributed by atoms with Crippen LogP contribution >= 0.6 is 0 Å². The van der Waals surface area contributed by atoms with Crippen molar-refractivity contribution in [2.24, 2.45) is 5.10 Å². The summed E-state index contributed by atoms with van der Waals surface area (Å²) in [5, 5.41) is 4.44. The van der Waals surface area contributed by atoms with Crippen molar-refractivity contribution in [3.05, 3.63) is 54.1 Å². The molecule has 0 radical (unpaired) electrons. The van der Waals surface area contributed by atoms with Crippen LogP contribution in [0.1, 0.15) is 31.2 Å². The molecule has 1 saturated carbocycles. The van der Waals surface area contributed by atoms with Crippen LogP contribution in [0.15, 0.2) is 53.6 Å². The average Bonchev–Trinajstić information content (AvgIpc) is 3.18. The van der Waals surface area contributed by atoms with Crippen molar-refractivity contribution in [2.45, 2.75) is 37.1 Å². The quantitative estimate of drug-likeness (QED) is 0.673. The van der Waals surface area contributed by atoms with E-state index in [1.807, 2.05) is 36.4 Å². The average molecular weight is 438 g/mol. The van der Waals surface area contributed by atoms with E-state index in [9.17, 15) is 4.79 Å². The van der Waals surface area contributed by atoms with Crippen molar-refractivity contribution in [1.82, 2.24) is 10.3 Å². The summed E-state index contributed by atoms with van der Waals surface area (Å²) < 4.78 is 16.5. The number of hydrogen-bond donors (Lipinski definition) is 1. The summed E-state index contributed by atoms with van der Waals surface area (Å²) in [5.74, 6) is 1.92. The maximum Gasteiger partial charge on any atom is 0.277 e. The van der Waals surface area contributed by atoms with Gasteiger partial charge in [0, 0.05) is 23.6 Å². The second-order valence-corrected chi connectivity index (χ2v) is 8.49. The molecule has 2 aromatic rings. The molecule has 2 aromatic carbocycles. The van der Waals surface area contributed by atoms with Crippen molar-refractivity contribution in [1.29, 1.82) is 0 Å². The van der Waals surface area contributed by atoms with Gasteiger partial charge in [-0.3, -0.25) is 4.79 Å². The van der Waals surface area contributed by atoms with Crippen molar-refractivity contribution < 1.29 is 19.0 Å². The summed E-state index contributed by atoms with van der Waals surface area (Å²) in [5.41, 5.74) is 5.02. The highest BCUT2D eigenvalue weighted by atomic mass is 16.5. The molecule has 32 heavy (non-hydrogen) atoms. The molecule has 1 amide bonds. The topological polar surface area (TPSA) is 72.4 Å². The summed E-state index contributed by atoms with van der Waals surface area (Å²) in [6.07, 6.45) is 3.74. The van der Waals surface area contributed by atoms with E-state index in [0.717, 1.165) is 49.4 Å². The van der Waals surface area contributed by atoms with E-state index >= 15 is 0 Å². The van der Waals surface area contributed by atoms with E-state index in [1.165, 1.54) is 5.56 Å². The Hall–Kier alpha value is -3.06. The lowest BCUT2D eigenvalue weighted by Crippen LogP contribution is -2.46. The van der Waals surface area contributed by atoms with Crippen LogP contribution in [0.5, 0.6) is 17.2 Å². The molecule has 7 heteroatoms. The van der Waals surface area contributed by atoms with Crippen LogP contribution in [0, 0.1) is 0 Å². The maximum absolute atomic E-state index is 12.2. The third kappa shape index (κ3) is 4.43. The molecule has 2 aliphatic rings. The third-order valence-corrected chi connectivity index (χ3v) is 6.78. The molecule has 0 bridgehead atoms. The molecule has 1 heterocycles. The van der Waals surface area contributed by atoms with Gasteiger partial charge in [0.2, 0.25) is 0 Å².